The molecule has 1 aromatic rings. The number of amides is 1. The zero-order valence-electron chi connectivity index (χ0n) is 11.0. The van der Waals surface area contributed by atoms with Crippen molar-refractivity contribution in [3.05, 3.63) is 29.6 Å². The molecule has 0 radical (unpaired) electrons. The van der Waals surface area contributed by atoms with Gasteiger partial charge in [-0.1, -0.05) is 13.0 Å². The molecular weight excluding hydrogens is 214 g/mol. The highest BCUT2D eigenvalue weighted by Crippen LogP contribution is 2.03. The Labute approximate surface area is 103 Å². The van der Waals surface area contributed by atoms with Gasteiger partial charge < -0.3 is 10.6 Å². The van der Waals surface area contributed by atoms with Crippen molar-refractivity contribution < 1.29 is 4.79 Å². The van der Waals surface area contributed by atoms with E-state index in [2.05, 4.69) is 15.6 Å². The summed E-state index contributed by atoms with van der Waals surface area (Å²) in [5.74, 6) is -0.0000694. The van der Waals surface area contributed by atoms with E-state index in [-0.39, 0.29) is 5.91 Å². The molecule has 0 atom stereocenters. The maximum Gasteiger partial charge on any atom is 0.239 e. The minimum Gasteiger partial charge on any atom is -0.350 e. The first kappa shape index (κ1) is 13.6. The Morgan fingerprint density at radius 3 is 2.65 bits per heavy atom. The number of nitrogens with zero attached hydrogens (tertiary/aromatic N) is 1. The quantitative estimate of drug-likeness (QED) is 0.811. The van der Waals surface area contributed by atoms with Gasteiger partial charge in [0.2, 0.25) is 5.91 Å². The van der Waals surface area contributed by atoms with Crippen molar-refractivity contribution in [2.24, 2.45) is 0 Å². The summed E-state index contributed by atoms with van der Waals surface area (Å²) in [6.07, 6.45) is 1.79. The summed E-state index contributed by atoms with van der Waals surface area (Å²) in [6.45, 7) is 8.96. The third-order valence-corrected chi connectivity index (χ3v) is 2.61. The van der Waals surface area contributed by atoms with E-state index < -0.39 is 5.54 Å². The summed E-state index contributed by atoms with van der Waals surface area (Å²) in [4.78, 5) is 16.1. The van der Waals surface area contributed by atoms with Crippen molar-refractivity contribution in [3.63, 3.8) is 0 Å². The number of likely N-dealkylation sites (N-methyl/N-ethyl adjacent to an activating group) is 1. The van der Waals surface area contributed by atoms with Gasteiger partial charge in [0.05, 0.1) is 5.54 Å². The topological polar surface area (TPSA) is 54.0 Å². The number of hydrogen-bond donors (Lipinski definition) is 2. The van der Waals surface area contributed by atoms with Gasteiger partial charge in [-0.3, -0.25) is 9.78 Å². The first-order valence-corrected chi connectivity index (χ1v) is 5.90. The van der Waals surface area contributed by atoms with Crippen LogP contribution in [0, 0.1) is 6.92 Å². The largest absolute Gasteiger partial charge is 0.350 e. The van der Waals surface area contributed by atoms with Gasteiger partial charge in [-0.2, -0.15) is 0 Å². The van der Waals surface area contributed by atoms with Gasteiger partial charge in [0.1, 0.15) is 0 Å². The van der Waals surface area contributed by atoms with Crippen LogP contribution < -0.4 is 10.6 Å². The average Bonchev–Trinajstić information content (AvgIpc) is 2.27. The number of carbonyl (C=O) groups is 1. The molecule has 0 aliphatic heterocycles. The monoisotopic (exact) mass is 235 g/mol. The summed E-state index contributed by atoms with van der Waals surface area (Å²) in [6, 6.07) is 3.92. The van der Waals surface area contributed by atoms with Gasteiger partial charge in [-0.05, 0) is 38.9 Å². The molecule has 1 aromatic heterocycles. The highest BCUT2D eigenvalue weighted by atomic mass is 16.2. The Kier molecular flexibility index (Phi) is 4.63. The number of nitrogens with one attached hydrogen (secondary N) is 2. The van der Waals surface area contributed by atoms with Crippen molar-refractivity contribution in [1.82, 2.24) is 15.6 Å². The van der Waals surface area contributed by atoms with E-state index in [0.29, 0.717) is 6.54 Å². The van der Waals surface area contributed by atoms with Crippen molar-refractivity contribution >= 4 is 5.91 Å². The highest BCUT2D eigenvalue weighted by Gasteiger charge is 2.25. The molecule has 1 heterocycles. The molecule has 2 N–H and O–H groups in total. The van der Waals surface area contributed by atoms with Gasteiger partial charge in [-0.25, -0.2) is 0 Å². The second-order valence-corrected chi connectivity index (χ2v) is 4.65. The molecule has 0 bridgehead atoms. The molecule has 1 rings (SSSR count). The van der Waals surface area contributed by atoms with Crippen LogP contribution in [0.3, 0.4) is 0 Å². The average molecular weight is 235 g/mol. The third-order valence-electron chi connectivity index (χ3n) is 2.61. The van der Waals surface area contributed by atoms with E-state index in [0.717, 1.165) is 17.8 Å². The van der Waals surface area contributed by atoms with Crippen LogP contribution in [0.1, 0.15) is 32.0 Å². The lowest BCUT2D eigenvalue weighted by Crippen LogP contribution is -2.52. The molecule has 94 valence electrons. The standard InChI is InChI=1S/C13H21N3O/c1-5-16-13(3,4)12(17)15-9-11-7-6-10(2)14-8-11/h6-8,16H,5,9H2,1-4H3,(H,15,17). The molecule has 17 heavy (non-hydrogen) atoms. The lowest BCUT2D eigenvalue weighted by Gasteiger charge is -2.24. The van der Waals surface area contributed by atoms with Crippen LogP contribution in [0.15, 0.2) is 18.3 Å². The minimum absolute atomic E-state index is 0.0000694. The van der Waals surface area contributed by atoms with Crippen LogP contribution in [-0.4, -0.2) is 23.0 Å². The van der Waals surface area contributed by atoms with E-state index >= 15 is 0 Å². The van der Waals surface area contributed by atoms with E-state index in [1.165, 1.54) is 0 Å². The van der Waals surface area contributed by atoms with Crippen LogP contribution in [0.25, 0.3) is 0 Å². The minimum atomic E-state index is -0.535. The maximum atomic E-state index is 11.9. The van der Waals surface area contributed by atoms with E-state index in [1.54, 1.807) is 6.20 Å². The fourth-order valence-electron chi connectivity index (χ4n) is 1.53. The molecule has 0 saturated carbocycles. The van der Waals surface area contributed by atoms with Crippen LogP contribution in [0.2, 0.25) is 0 Å². The van der Waals surface area contributed by atoms with Gasteiger partial charge >= 0.3 is 0 Å². The molecule has 1 amide bonds. The number of pyridine rings is 1. The van der Waals surface area contributed by atoms with Crippen molar-refractivity contribution in [1.29, 1.82) is 0 Å². The number of carbonyl (C=O) groups excluding carboxylic acids is 1. The fourth-order valence-corrected chi connectivity index (χ4v) is 1.53. The van der Waals surface area contributed by atoms with Crippen LogP contribution >= 0.6 is 0 Å². The summed E-state index contributed by atoms with van der Waals surface area (Å²) < 4.78 is 0. The first-order valence-electron chi connectivity index (χ1n) is 5.90. The summed E-state index contributed by atoms with van der Waals surface area (Å²) >= 11 is 0. The Balaban J connectivity index is 2.50. The van der Waals surface area contributed by atoms with Crippen LogP contribution in [-0.2, 0) is 11.3 Å². The van der Waals surface area contributed by atoms with E-state index in [4.69, 9.17) is 0 Å². The molecule has 0 aliphatic carbocycles. The summed E-state index contributed by atoms with van der Waals surface area (Å²) in [5, 5.41) is 6.04. The molecule has 0 aliphatic rings. The Hall–Kier alpha value is -1.42. The number of hydrogen-bond acceptors (Lipinski definition) is 3. The van der Waals surface area contributed by atoms with Gasteiger partial charge in [0.25, 0.3) is 0 Å². The highest BCUT2D eigenvalue weighted by molar-refractivity contribution is 5.85. The summed E-state index contributed by atoms with van der Waals surface area (Å²) in [5.41, 5.74) is 1.46. The number of rotatable bonds is 5. The normalized spacial score (nSPS) is 11.3. The maximum absolute atomic E-state index is 11.9. The Bertz CT molecular complexity index is 371. The second kappa shape index (κ2) is 5.77. The molecule has 0 spiro atoms. The first-order chi connectivity index (χ1) is 7.95. The van der Waals surface area contributed by atoms with E-state index in [1.807, 2.05) is 39.8 Å². The molecule has 4 nitrogen and oxygen atoms in total. The van der Waals surface area contributed by atoms with Gasteiger partial charge in [0, 0.05) is 18.4 Å². The molecule has 0 unspecified atom stereocenters. The SMILES string of the molecule is CCNC(C)(C)C(=O)NCc1ccc(C)nc1. The predicted molar refractivity (Wildman–Crippen MR) is 68.6 cm³/mol. The fraction of sp³-hybridized carbons (Fsp3) is 0.538. The summed E-state index contributed by atoms with van der Waals surface area (Å²) in [7, 11) is 0. The van der Waals surface area contributed by atoms with Crippen molar-refractivity contribution in [3.8, 4) is 0 Å². The van der Waals surface area contributed by atoms with Crippen LogP contribution in [0.5, 0.6) is 0 Å². The number of aromatic nitrogens is 1. The molecule has 0 aromatic carbocycles. The molecule has 4 heteroatoms. The Morgan fingerprint density at radius 2 is 2.12 bits per heavy atom. The van der Waals surface area contributed by atoms with E-state index in [9.17, 15) is 4.79 Å². The smallest absolute Gasteiger partial charge is 0.239 e. The molecular formula is C13H21N3O. The lowest BCUT2D eigenvalue weighted by atomic mass is 10.0. The predicted octanol–water partition coefficient (Wildman–Crippen LogP) is 1.39. The second-order valence-electron chi connectivity index (χ2n) is 4.65. The lowest BCUT2D eigenvalue weighted by molar-refractivity contribution is -0.126. The molecule has 0 saturated heterocycles. The van der Waals surface area contributed by atoms with Crippen LogP contribution in [0.4, 0.5) is 0 Å². The molecule has 0 fully saturated rings. The van der Waals surface area contributed by atoms with Gasteiger partial charge in [0.15, 0.2) is 0 Å². The number of aryl methyl sites for hydroxylation is 1. The van der Waals surface area contributed by atoms with Crippen molar-refractivity contribution in [2.45, 2.75) is 39.8 Å². The van der Waals surface area contributed by atoms with Gasteiger partial charge in [-0.15, -0.1) is 0 Å². The zero-order chi connectivity index (χ0) is 12.9. The zero-order valence-corrected chi connectivity index (χ0v) is 11.0. The van der Waals surface area contributed by atoms with Crippen molar-refractivity contribution in [2.75, 3.05) is 6.54 Å². The third kappa shape index (κ3) is 4.15. The Morgan fingerprint density at radius 1 is 1.41 bits per heavy atom.